The predicted octanol–water partition coefficient (Wildman–Crippen LogP) is 4.64. The molecular weight excluding hydrogens is 380 g/mol. The van der Waals surface area contributed by atoms with Gasteiger partial charge in [0.2, 0.25) is 0 Å². The van der Waals surface area contributed by atoms with E-state index < -0.39 is 27.6 Å². The van der Waals surface area contributed by atoms with Gasteiger partial charge in [-0.05, 0) is 50.6 Å². The molecule has 1 saturated heterocycles. The van der Waals surface area contributed by atoms with Gasteiger partial charge in [0.15, 0.2) is 5.54 Å². The molecule has 30 heavy (non-hydrogen) atoms. The van der Waals surface area contributed by atoms with Crippen molar-refractivity contribution in [3.8, 4) is 5.75 Å². The molecule has 3 rings (SSSR count). The zero-order valence-corrected chi connectivity index (χ0v) is 18.1. The number of amides is 2. The molecule has 3 N–H and O–H groups in total. The van der Waals surface area contributed by atoms with E-state index >= 15 is 0 Å². The smallest absolute Gasteiger partial charge is 0.489 e. The van der Waals surface area contributed by atoms with E-state index in [0.717, 1.165) is 11.1 Å². The molecule has 2 aromatic carbocycles. The highest BCUT2D eigenvalue weighted by molar-refractivity contribution is 5.85. The van der Waals surface area contributed by atoms with Gasteiger partial charge in [-0.2, -0.15) is 9.28 Å². The fourth-order valence-electron chi connectivity index (χ4n) is 5.19. The topological polar surface area (TPSA) is 89.6 Å². The summed E-state index contributed by atoms with van der Waals surface area (Å²) in [5, 5.41) is 10.4. The second-order valence-electron chi connectivity index (χ2n) is 9.21. The van der Waals surface area contributed by atoms with Crippen LogP contribution in [0, 0.1) is 0 Å². The number of carbonyl (C=O) groups is 2. The van der Waals surface area contributed by atoms with Crippen molar-refractivity contribution >= 4 is 12.0 Å². The lowest BCUT2D eigenvalue weighted by Gasteiger charge is -2.52. The molecule has 1 unspecified atom stereocenters. The van der Waals surface area contributed by atoms with Crippen LogP contribution in [0.1, 0.15) is 57.7 Å². The van der Waals surface area contributed by atoms with Gasteiger partial charge in [0, 0.05) is 25.3 Å². The fourth-order valence-corrected chi connectivity index (χ4v) is 5.19. The Morgan fingerprint density at radius 1 is 1.13 bits per heavy atom. The maximum atomic E-state index is 12.7. The van der Waals surface area contributed by atoms with Gasteiger partial charge >= 0.3 is 6.09 Å². The van der Waals surface area contributed by atoms with Gasteiger partial charge in [0.25, 0.3) is 5.91 Å². The molecule has 6 nitrogen and oxygen atoms in total. The van der Waals surface area contributed by atoms with E-state index in [-0.39, 0.29) is 6.04 Å². The van der Waals surface area contributed by atoms with E-state index in [1.807, 2.05) is 75.4 Å². The van der Waals surface area contributed by atoms with E-state index in [2.05, 4.69) is 0 Å². The zero-order valence-electron chi connectivity index (χ0n) is 18.1. The largest absolute Gasteiger partial charge is 0.515 e. The molecule has 0 aromatic heterocycles. The normalized spacial score (nSPS) is 26.3. The summed E-state index contributed by atoms with van der Waals surface area (Å²) in [6.07, 6.45) is -0.0496. The second-order valence-corrected chi connectivity index (χ2v) is 9.21. The molecule has 160 valence electrons. The van der Waals surface area contributed by atoms with Crippen LogP contribution in [0.25, 0.3) is 0 Å². The Bertz CT molecular complexity index is 920. The molecule has 3 atom stereocenters. The average molecular weight is 412 g/mol. The Hall–Kier alpha value is -2.86. The predicted molar refractivity (Wildman–Crippen MR) is 115 cm³/mol. The number of nitrogens with zero attached hydrogens (tertiary/aromatic N) is 1. The number of rotatable bonds is 5. The summed E-state index contributed by atoms with van der Waals surface area (Å²) in [6.45, 7) is 7.72. The molecule has 1 aliphatic heterocycles. The van der Waals surface area contributed by atoms with Crippen molar-refractivity contribution in [2.24, 2.45) is 5.73 Å². The second kappa shape index (κ2) is 7.76. The third-order valence-corrected chi connectivity index (χ3v) is 6.55. The first kappa shape index (κ1) is 21.8. The summed E-state index contributed by atoms with van der Waals surface area (Å²) in [5.41, 5.74) is 5.77. The maximum absolute atomic E-state index is 12.7. The van der Waals surface area contributed by atoms with Crippen LogP contribution >= 0.6 is 0 Å². The van der Waals surface area contributed by atoms with E-state index in [0.29, 0.717) is 25.2 Å². The monoisotopic (exact) mass is 411 g/mol. The van der Waals surface area contributed by atoms with Crippen LogP contribution in [0.4, 0.5) is 4.79 Å². The minimum atomic E-state index is -1.20. The number of quaternary nitrogens is 1. The van der Waals surface area contributed by atoms with Crippen LogP contribution in [0.15, 0.2) is 54.6 Å². The Labute approximate surface area is 177 Å². The summed E-state index contributed by atoms with van der Waals surface area (Å²) in [6, 6.07) is 17.0. The zero-order chi connectivity index (χ0) is 22.2. The summed E-state index contributed by atoms with van der Waals surface area (Å²) in [4.78, 5) is 25.2. The third kappa shape index (κ3) is 3.35. The Kier molecular flexibility index (Phi) is 5.65. The highest BCUT2D eigenvalue weighted by Gasteiger charge is 2.71. The lowest BCUT2D eigenvalue weighted by Crippen LogP contribution is -2.74. The molecule has 2 aromatic rings. The lowest BCUT2D eigenvalue weighted by molar-refractivity contribution is -0.954. The van der Waals surface area contributed by atoms with Crippen LogP contribution in [-0.2, 0) is 11.4 Å². The van der Waals surface area contributed by atoms with Gasteiger partial charge in [-0.1, -0.05) is 30.3 Å². The number of likely N-dealkylation sites (tertiary alicyclic amines) is 1. The molecular formula is C24H31N2O4+. The SMILES string of the molecule is CC(C)(C)[N+]1(C(=O)O)[C@@H](c2ccc(OCc3ccccc3)cc2)CC[C@@]1(C)C(N)=O. The number of hydrogen-bond acceptors (Lipinski definition) is 3. The number of carboxylic acid groups (broad SMARTS) is 1. The highest BCUT2D eigenvalue weighted by Crippen LogP contribution is 2.55. The van der Waals surface area contributed by atoms with Crippen molar-refractivity contribution in [1.29, 1.82) is 0 Å². The van der Waals surface area contributed by atoms with Crippen LogP contribution in [0.3, 0.4) is 0 Å². The molecule has 2 amide bonds. The molecule has 0 radical (unpaired) electrons. The molecule has 0 saturated carbocycles. The van der Waals surface area contributed by atoms with Crippen LogP contribution in [-0.4, -0.2) is 32.7 Å². The minimum absolute atomic E-state index is 0.386. The summed E-state index contributed by atoms with van der Waals surface area (Å²) < 4.78 is 5.44. The van der Waals surface area contributed by atoms with Gasteiger partial charge in [-0.25, -0.2) is 0 Å². The molecule has 0 aliphatic carbocycles. The highest BCUT2D eigenvalue weighted by atomic mass is 16.5. The first-order valence-electron chi connectivity index (χ1n) is 10.2. The quantitative estimate of drug-likeness (QED) is 0.702. The average Bonchev–Trinajstić information content (AvgIpc) is 3.03. The number of carbonyl (C=O) groups excluding carboxylic acids is 1. The van der Waals surface area contributed by atoms with Crippen molar-refractivity contribution in [3.05, 3.63) is 65.7 Å². The summed E-state index contributed by atoms with van der Waals surface area (Å²) in [5.74, 6) is 0.132. The molecule has 1 fully saturated rings. The maximum Gasteiger partial charge on any atom is 0.515 e. The van der Waals surface area contributed by atoms with Gasteiger partial charge in [-0.15, -0.1) is 0 Å². The van der Waals surface area contributed by atoms with Crippen LogP contribution in [0.5, 0.6) is 5.75 Å². The third-order valence-electron chi connectivity index (χ3n) is 6.55. The van der Waals surface area contributed by atoms with Gasteiger partial charge in [0.1, 0.15) is 23.9 Å². The molecule has 6 heteroatoms. The fraction of sp³-hybridized carbons (Fsp3) is 0.417. The van der Waals surface area contributed by atoms with E-state index in [4.69, 9.17) is 10.5 Å². The first-order valence-corrected chi connectivity index (χ1v) is 10.2. The Morgan fingerprint density at radius 2 is 1.73 bits per heavy atom. The number of nitrogens with two attached hydrogens (primary N) is 1. The van der Waals surface area contributed by atoms with Crippen molar-refractivity contribution in [3.63, 3.8) is 0 Å². The van der Waals surface area contributed by atoms with Crippen molar-refractivity contribution in [2.75, 3.05) is 0 Å². The van der Waals surface area contributed by atoms with Gasteiger partial charge in [0.05, 0.1) is 0 Å². The summed E-state index contributed by atoms with van der Waals surface area (Å²) >= 11 is 0. The number of primary amides is 1. The van der Waals surface area contributed by atoms with Crippen molar-refractivity contribution in [2.45, 2.75) is 64.3 Å². The Balaban J connectivity index is 1.93. The molecule has 1 aliphatic rings. The first-order chi connectivity index (χ1) is 14.0. The minimum Gasteiger partial charge on any atom is -0.489 e. The molecule has 1 heterocycles. The van der Waals surface area contributed by atoms with Crippen LogP contribution in [0.2, 0.25) is 0 Å². The van der Waals surface area contributed by atoms with Crippen molar-refractivity contribution < 1.29 is 23.9 Å². The van der Waals surface area contributed by atoms with E-state index in [1.54, 1.807) is 6.92 Å². The van der Waals surface area contributed by atoms with Gasteiger partial charge in [-0.3, -0.25) is 4.79 Å². The van der Waals surface area contributed by atoms with E-state index in [1.165, 1.54) is 0 Å². The Morgan fingerprint density at radius 3 is 2.23 bits per heavy atom. The van der Waals surface area contributed by atoms with Gasteiger partial charge < -0.3 is 15.6 Å². The van der Waals surface area contributed by atoms with Crippen LogP contribution < -0.4 is 10.5 Å². The van der Waals surface area contributed by atoms with Crippen molar-refractivity contribution in [1.82, 2.24) is 0 Å². The number of hydrogen-bond donors (Lipinski definition) is 2. The summed E-state index contributed by atoms with van der Waals surface area (Å²) in [7, 11) is 0. The lowest BCUT2D eigenvalue weighted by atomic mass is 9.87. The van der Waals surface area contributed by atoms with E-state index in [9.17, 15) is 14.7 Å². The molecule has 0 bridgehead atoms. The molecule has 0 spiro atoms. The standard InChI is InChI=1S/C24H30N2O4/c1-23(2,3)26(22(28)29)20(14-15-24(26,4)21(25)27)18-10-12-19(13-11-18)30-16-17-8-6-5-7-9-17/h5-13,20H,14-16H2,1-4H3,(H2-,25,27,28,29)/p+1/t20-,24+,26?/m1/s1. The number of benzene rings is 2. The number of ether oxygens (including phenoxy) is 1.